The highest BCUT2D eigenvalue weighted by Crippen LogP contribution is 2.15. The van der Waals surface area contributed by atoms with Gasteiger partial charge in [-0.05, 0) is 50.0 Å². The number of imidazole rings is 1. The summed E-state index contributed by atoms with van der Waals surface area (Å²) in [5.41, 5.74) is 3.26. The van der Waals surface area contributed by atoms with Crippen molar-refractivity contribution in [1.82, 2.24) is 14.5 Å². The molecule has 1 amide bonds. The molecule has 0 saturated carbocycles. The maximum absolute atomic E-state index is 12.1. The third kappa shape index (κ3) is 5.43. The maximum atomic E-state index is 12.1. The summed E-state index contributed by atoms with van der Waals surface area (Å²) in [6.45, 7) is 3.41. The van der Waals surface area contributed by atoms with Gasteiger partial charge in [0.25, 0.3) is 0 Å². The molecule has 1 saturated heterocycles. The lowest BCUT2D eigenvalue weighted by Crippen LogP contribution is -2.23. The van der Waals surface area contributed by atoms with Gasteiger partial charge in [-0.2, -0.15) is 0 Å². The molecule has 1 aliphatic rings. The number of hydrogen-bond donors (Lipinski definition) is 1. The van der Waals surface area contributed by atoms with Gasteiger partial charge in [0.1, 0.15) is 0 Å². The second-order valence-corrected chi connectivity index (χ2v) is 6.93. The Kier molecular flexibility index (Phi) is 6.23. The predicted octanol–water partition coefficient (Wildman–Crippen LogP) is 3.37. The number of nitrogens with one attached hydrogen (secondary N) is 1. The van der Waals surface area contributed by atoms with Gasteiger partial charge in [-0.25, -0.2) is 4.98 Å². The van der Waals surface area contributed by atoms with E-state index in [1.165, 1.54) is 44.3 Å². The molecule has 1 aromatic heterocycles. The van der Waals surface area contributed by atoms with Crippen molar-refractivity contribution in [2.75, 3.05) is 18.4 Å². The number of aryl methyl sites for hydroxylation is 2. The van der Waals surface area contributed by atoms with Gasteiger partial charge in [0.2, 0.25) is 5.91 Å². The first kappa shape index (κ1) is 17.7. The molecule has 0 atom stereocenters. The monoisotopic (exact) mass is 340 g/mol. The Morgan fingerprint density at radius 3 is 2.48 bits per heavy atom. The minimum atomic E-state index is 0.0430. The van der Waals surface area contributed by atoms with Gasteiger partial charge in [-0.15, -0.1) is 0 Å². The number of carbonyl (C=O) groups is 1. The fraction of sp³-hybridized carbons (Fsp3) is 0.500. The Hall–Kier alpha value is -2.14. The Balaban J connectivity index is 1.46. The molecule has 25 heavy (non-hydrogen) atoms. The normalized spacial score (nSPS) is 15.7. The summed E-state index contributed by atoms with van der Waals surface area (Å²) in [7, 11) is 1.95. The van der Waals surface area contributed by atoms with Gasteiger partial charge in [0, 0.05) is 37.6 Å². The molecule has 0 unspecified atom stereocenters. The molecule has 3 rings (SSSR count). The molecule has 5 nitrogen and oxygen atoms in total. The van der Waals surface area contributed by atoms with Crippen LogP contribution in [0, 0.1) is 0 Å². The van der Waals surface area contributed by atoms with Crippen molar-refractivity contribution in [1.29, 1.82) is 0 Å². The molecular formula is C20H28N4O. The molecule has 0 spiro atoms. The molecule has 1 fully saturated rings. The van der Waals surface area contributed by atoms with E-state index >= 15 is 0 Å². The third-order valence-corrected chi connectivity index (χ3v) is 4.87. The molecule has 1 aromatic carbocycles. The zero-order valence-electron chi connectivity index (χ0n) is 15.1. The molecule has 5 heteroatoms. The average Bonchev–Trinajstić information content (AvgIpc) is 2.85. The summed E-state index contributed by atoms with van der Waals surface area (Å²) >= 11 is 0. The van der Waals surface area contributed by atoms with Crippen LogP contribution in [0.5, 0.6) is 0 Å². The molecule has 1 aliphatic heterocycles. The predicted molar refractivity (Wildman–Crippen MR) is 100 cm³/mol. The highest BCUT2D eigenvalue weighted by Gasteiger charge is 2.10. The molecule has 1 N–H and O–H groups in total. The van der Waals surface area contributed by atoms with Crippen LogP contribution in [0.15, 0.2) is 36.8 Å². The lowest BCUT2D eigenvalue weighted by molar-refractivity contribution is -0.116. The lowest BCUT2D eigenvalue weighted by atomic mass is 10.1. The van der Waals surface area contributed by atoms with Crippen LogP contribution in [0.4, 0.5) is 5.69 Å². The van der Waals surface area contributed by atoms with Crippen molar-refractivity contribution in [3.05, 3.63) is 48.0 Å². The van der Waals surface area contributed by atoms with Crippen molar-refractivity contribution in [2.45, 2.75) is 45.1 Å². The summed E-state index contributed by atoms with van der Waals surface area (Å²) in [4.78, 5) is 18.7. The standard InChI is InChI=1S/C20H28N4O/c1-23-16-21-14-19(23)10-11-20(25)22-18-8-6-17(7-9-18)15-24-12-4-2-3-5-13-24/h6-9,14,16H,2-5,10-13,15H2,1H3,(H,22,25). The summed E-state index contributed by atoms with van der Waals surface area (Å²) in [5.74, 6) is 0.0430. The van der Waals surface area contributed by atoms with Gasteiger partial charge >= 0.3 is 0 Å². The summed E-state index contributed by atoms with van der Waals surface area (Å²) in [5, 5.41) is 2.98. The Morgan fingerprint density at radius 2 is 1.84 bits per heavy atom. The van der Waals surface area contributed by atoms with Gasteiger partial charge in [0.15, 0.2) is 0 Å². The zero-order chi connectivity index (χ0) is 17.5. The number of amides is 1. The summed E-state index contributed by atoms with van der Waals surface area (Å²) < 4.78 is 1.95. The molecule has 0 radical (unpaired) electrons. The number of nitrogens with zero attached hydrogens (tertiary/aromatic N) is 3. The molecule has 0 aliphatic carbocycles. The highest BCUT2D eigenvalue weighted by molar-refractivity contribution is 5.90. The molecule has 134 valence electrons. The summed E-state index contributed by atoms with van der Waals surface area (Å²) in [6, 6.07) is 8.27. The number of carbonyl (C=O) groups excluding carboxylic acids is 1. The van der Waals surface area contributed by atoms with E-state index in [-0.39, 0.29) is 5.91 Å². The number of aromatic nitrogens is 2. The van der Waals surface area contributed by atoms with Crippen molar-refractivity contribution in [2.24, 2.45) is 7.05 Å². The van der Waals surface area contributed by atoms with Gasteiger partial charge in [0.05, 0.1) is 6.33 Å². The van der Waals surface area contributed by atoms with E-state index in [9.17, 15) is 4.79 Å². The second-order valence-electron chi connectivity index (χ2n) is 6.93. The maximum Gasteiger partial charge on any atom is 0.224 e. The van der Waals surface area contributed by atoms with E-state index in [2.05, 4.69) is 27.3 Å². The molecular weight excluding hydrogens is 312 g/mol. The van der Waals surface area contributed by atoms with Crippen molar-refractivity contribution < 1.29 is 4.79 Å². The number of likely N-dealkylation sites (tertiary alicyclic amines) is 1. The third-order valence-electron chi connectivity index (χ3n) is 4.87. The highest BCUT2D eigenvalue weighted by atomic mass is 16.1. The van der Waals surface area contributed by atoms with Crippen LogP contribution in [0.3, 0.4) is 0 Å². The number of rotatable bonds is 6. The van der Waals surface area contributed by atoms with Crippen molar-refractivity contribution in [3.8, 4) is 0 Å². The molecule has 2 aromatic rings. The van der Waals surface area contributed by atoms with Gasteiger partial charge in [-0.1, -0.05) is 25.0 Å². The SMILES string of the molecule is Cn1cncc1CCC(=O)Nc1ccc(CN2CCCCCC2)cc1. The topological polar surface area (TPSA) is 50.2 Å². The largest absolute Gasteiger partial charge is 0.338 e. The number of benzene rings is 1. The van der Waals surface area contributed by atoms with Crippen LogP contribution in [0.25, 0.3) is 0 Å². The van der Waals surface area contributed by atoms with E-state index in [1.54, 1.807) is 6.33 Å². The van der Waals surface area contributed by atoms with E-state index < -0.39 is 0 Å². The molecule has 0 bridgehead atoms. The summed E-state index contributed by atoms with van der Waals surface area (Å²) in [6.07, 6.45) is 10.1. The Morgan fingerprint density at radius 1 is 1.12 bits per heavy atom. The van der Waals surface area contributed by atoms with E-state index in [0.717, 1.165) is 17.9 Å². The first-order chi connectivity index (χ1) is 12.2. The van der Waals surface area contributed by atoms with Crippen molar-refractivity contribution >= 4 is 11.6 Å². The lowest BCUT2D eigenvalue weighted by Gasteiger charge is -2.19. The van der Waals surface area contributed by atoms with E-state index in [4.69, 9.17) is 0 Å². The first-order valence-corrected chi connectivity index (χ1v) is 9.27. The number of anilines is 1. The average molecular weight is 340 g/mol. The van der Waals surface area contributed by atoms with Crippen LogP contribution in [0.2, 0.25) is 0 Å². The minimum Gasteiger partial charge on any atom is -0.338 e. The zero-order valence-corrected chi connectivity index (χ0v) is 15.1. The van der Waals surface area contributed by atoms with Crippen molar-refractivity contribution in [3.63, 3.8) is 0 Å². The molecule has 2 heterocycles. The minimum absolute atomic E-state index is 0.0430. The van der Waals surface area contributed by atoms with E-state index in [1.807, 2.05) is 29.9 Å². The van der Waals surface area contributed by atoms with Gasteiger partial charge in [-0.3, -0.25) is 9.69 Å². The van der Waals surface area contributed by atoms with Gasteiger partial charge < -0.3 is 9.88 Å². The van der Waals surface area contributed by atoms with Crippen LogP contribution < -0.4 is 5.32 Å². The number of hydrogen-bond acceptors (Lipinski definition) is 3. The van der Waals surface area contributed by atoms with Crippen LogP contribution in [-0.4, -0.2) is 33.4 Å². The Labute approximate surface area is 150 Å². The second kappa shape index (κ2) is 8.81. The fourth-order valence-electron chi connectivity index (χ4n) is 3.34. The van der Waals surface area contributed by atoms with E-state index in [0.29, 0.717) is 12.8 Å². The first-order valence-electron chi connectivity index (χ1n) is 9.27. The van der Waals surface area contributed by atoms with Crippen LogP contribution in [0.1, 0.15) is 43.4 Å². The quantitative estimate of drug-likeness (QED) is 0.877. The van der Waals surface area contributed by atoms with Crippen LogP contribution in [-0.2, 0) is 24.8 Å². The smallest absolute Gasteiger partial charge is 0.224 e. The van der Waals surface area contributed by atoms with Crippen LogP contribution >= 0.6 is 0 Å². The fourth-order valence-corrected chi connectivity index (χ4v) is 3.34. The Bertz CT molecular complexity index is 669.